The summed E-state index contributed by atoms with van der Waals surface area (Å²) in [5.74, 6) is -0.860. The molecule has 0 aromatic carbocycles. The minimum Gasteiger partial charge on any atom is -0.481 e. The third-order valence-corrected chi connectivity index (χ3v) is 4.37. The van der Waals surface area contributed by atoms with Gasteiger partial charge in [0, 0.05) is 25.5 Å². The molecule has 0 spiro atoms. The van der Waals surface area contributed by atoms with E-state index in [4.69, 9.17) is 5.11 Å². The number of aromatic nitrogens is 2. The second-order valence-electron chi connectivity index (χ2n) is 4.86. The van der Waals surface area contributed by atoms with Gasteiger partial charge in [-0.05, 0) is 26.2 Å². The number of thioether (sulfide) groups is 1. The summed E-state index contributed by atoms with van der Waals surface area (Å²) >= 11 is 1.14. The fraction of sp³-hybridized carbons (Fsp3) is 0.615. The number of likely N-dealkylation sites (tertiary alicyclic amines) is 1. The fourth-order valence-corrected chi connectivity index (χ4v) is 3.09. The number of hydrogen-bond acceptors (Lipinski definition) is 4. The molecule has 0 aliphatic carbocycles. The van der Waals surface area contributed by atoms with E-state index in [1.165, 1.54) is 6.42 Å². The van der Waals surface area contributed by atoms with E-state index in [9.17, 15) is 9.59 Å². The van der Waals surface area contributed by atoms with E-state index in [0.29, 0.717) is 5.16 Å². The van der Waals surface area contributed by atoms with Crippen LogP contribution in [0.15, 0.2) is 17.6 Å². The molecule has 1 amide bonds. The van der Waals surface area contributed by atoms with Gasteiger partial charge in [-0.1, -0.05) is 11.8 Å². The average molecular weight is 297 g/mol. The molecule has 0 bridgehead atoms. The molecule has 1 aliphatic rings. The SMILES string of the molecule is CC(C(=O)N1CCCCC1)n1ccnc1SCC(=O)O. The van der Waals surface area contributed by atoms with Crippen LogP contribution in [0, 0.1) is 0 Å². The van der Waals surface area contributed by atoms with Crippen LogP contribution in [-0.2, 0) is 9.59 Å². The minimum atomic E-state index is -0.889. The van der Waals surface area contributed by atoms with E-state index in [1.807, 2.05) is 11.8 Å². The van der Waals surface area contributed by atoms with Gasteiger partial charge in [0.1, 0.15) is 6.04 Å². The van der Waals surface area contributed by atoms with Crippen molar-refractivity contribution in [2.24, 2.45) is 0 Å². The first kappa shape index (κ1) is 14.9. The van der Waals surface area contributed by atoms with Crippen LogP contribution in [0.3, 0.4) is 0 Å². The summed E-state index contributed by atoms with van der Waals surface area (Å²) in [5, 5.41) is 9.30. The summed E-state index contributed by atoms with van der Waals surface area (Å²) in [5.41, 5.74) is 0. The molecule has 1 aromatic rings. The van der Waals surface area contributed by atoms with Crippen molar-refractivity contribution >= 4 is 23.6 Å². The summed E-state index contributed by atoms with van der Waals surface area (Å²) in [4.78, 5) is 29.1. The molecule has 20 heavy (non-hydrogen) atoms. The summed E-state index contributed by atoms with van der Waals surface area (Å²) < 4.78 is 1.75. The van der Waals surface area contributed by atoms with E-state index in [-0.39, 0.29) is 17.7 Å². The van der Waals surface area contributed by atoms with Crippen molar-refractivity contribution < 1.29 is 14.7 Å². The quantitative estimate of drug-likeness (QED) is 0.836. The van der Waals surface area contributed by atoms with Crippen molar-refractivity contribution in [1.82, 2.24) is 14.5 Å². The predicted octanol–water partition coefficient (Wildman–Crippen LogP) is 1.63. The Balaban J connectivity index is 2.04. The number of aliphatic carboxylic acids is 1. The lowest BCUT2D eigenvalue weighted by atomic mass is 10.1. The van der Waals surface area contributed by atoms with Crippen molar-refractivity contribution in [2.75, 3.05) is 18.8 Å². The first-order chi connectivity index (χ1) is 9.59. The van der Waals surface area contributed by atoms with Crippen molar-refractivity contribution in [3.63, 3.8) is 0 Å². The van der Waals surface area contributed by atoms with E-state index < -0.39 is 5.97 Å². The molecule has 1 unspecified atom stereocenters. The molecule has 1 N–H and O–H groups in total. The minimum absolute atomic E-state index is 0.0539. The highest BCUT2D eigenvalue weighted by atomic mass is 32.2. The molecule has 0 radical (unpaired) electrons. The first-order valence-electron chi connectivity index (χ1n) is 6.76. The monoisotopic (exact) mass is 297 g/mol. The zero-order valence-corrected chi connectivity index (χ0v) is 12.3. The van der Waals surface area contributed by atoms with Crippen LogP contribution in [0.25, 0.3) is 0 Å². The van der Waals surface area contributed by atoms with Crippen molar-refractivity contribution in [1.29, 1.82) is 0 Å². The van der Waals surface area contributed by atoms with Gasteiger partial charge >= 0.3 is 5.97 Å². The maximum absolute atomic E-state index is 12.4. The maximum Gasteiger partial charge on any atom is 0.313 e. The molecule has 2 heterocycles. The Kier molecular flexibility index (Phi) is 5.05. The molecular formula is C13H19N3O3S. The Hall–Kier alpha value is -1.50. The lowest BCUT2D eigenvalue weighted by Gasteiger charge is -2.29. The molecule has 1 fully saturated rings. The summed E-state index contributed by atoms with van der Waals surface area (Å²) in [6.07, 6.45) is 6.63. The van der Waals surface area contributed by atoms with Crippen LogP contribution in [0.2, 0.25) is 0 Å². The second kappa shape index (κ2) is 6.78. The lowest BCUT2D eigenvalue weighted by molar-refractivity contribution is -0.135. The van der Waals surface area contributed by atoms with Crippen LogP contribution in [0.4, 0.5) is 0 Å². The van der Waals surface area contributed by atoms with E-state index in [0.717, 1.165) is 37.7 Å². The number of amides is 1. The molecule has 7 heteroatoms. The van der Waals surface area contributed by atoms with Crippen LogP contribution < -0.4 is 0 Å². The number of hydrogen-bond donors (Lipinski definition) is 1. The second-order valence-corrected chi connectivity index (χ2v) is 5.80. The van der Waals surface area contributed by atoms with E-state index in [2.05, 4.69) is 4.98 Å². The van der Waals surface area contributed by atoms with Gasteiger partial charge in [0.2, 0.25) is 5.91 Å². The summed E-state index contributed by atoms with van der Waals surface area (Å²) in [7, 11) is 0. The number of carboxylic acid groups (broad SMARTS) is 1. The van der Waals surface area contributed by atoms with Crippen LogP contribution in [0.5, 0.6) is 0 Å². The van der Waals surface area contributed by atoms with Crippen molar-refractivity contribution in [3.8, 4) is 0 Å². The van der Waals surface area contributed by atoms with Gasteiger partial charge in [0.05, 0.1) is 5.75 Å². The third-order valence-electron chi connectivity index (χ3n) is 3.40. The predicted molar refractivity (Wildman–Crippen MR) is 75.7 cm³/mol. The summed E-state index contributed by atoms with van der Waals surface area (Å²) in [6, 6.07) is -0.341. The topological polar surface area (TPSA) is 75.4 Å². The number of imidazole rings is 1. The molecule has 1 saturated heterocycles. The number of carboxylic acids is 1. The number of nitrogens with zero attached hydrogens (tertiary/aromatic N) is 3. The first-order valence-corrected chi connectivity index (χ1v) is 7.74. The fourth-order valence-electron chi connectivity index (χ4n) is 2.33. The van der Waals surface area contributed by atoms with Gasteiger partial charge in [0.15, 0.2) is 5.16 Å². The molecule has 1 aliphatic heterocycles. The van der Waals surface area contributed by atoms with E-state index >= 15 is 0 Å². The zero-order valence-electron chi connectivity index (χ0n) is 11.5. The highest BCUT2D eigenvalue weighted by Crippen LogP contribution is 2.22. The highest BCUT2D eigenvalue weighted by Gasteiger charge is 2.24. The van der Waals surface area contributed by atoms with Gasteiger partial charge in [0.25, 0.3) is 0 Å². The molecule has 1 atom stereocenters. The molecule has 6 nitrogen and oxygen atoms in total. The number of piperidine rings is 1. The van der Waals surface area contributed by atoms with E-state index in [1.54, 1.807) is 17.0 Å². The number of carbonyl (C=O) groups excluding carboxylic acids is 1. The van der Waals surface area contributed by atoms with Gasteiger partial charge in [-0.3, -0.25) is 9.59 Å². The largest absolute Gasteiger partial charge is 0.481 e. The Bertz CT molecular complexity index is 483. The van der Waals surface area contributed by atoms with Gasteiger partial charge in [-0.25, -0.2) is 4.98 Å². The Morgan fingerprint density at radius 2 is 2.10 bits per heavy atom. The maximum atomic E-state index is 12.4. The Morgan fingerprint density at radius 1 is 1.40 bits per heavy atom. The van der Waals surface area contributed by atoms with Crippen molar-refractivity contribution in [3.05, 3.63) is 12.4 Å². The third kappa shape index (κ3) is 3.53. The van der Waals surface area contributed by atoms with Crippen LogP contribution in [0.1, 0.15) is 32.2 Å². The Morgan fingerprint density at radius 3 is 2.75 bits per heavy atom. The highest BCUT2D eigenvalue weighted by molar-refractivity contribution is 7.99. The van der Waals surface area contributed by atoms with Gasteiger partial charge in [-0.15, -0.1) is 0 Å². The average Bonchev–Trinajstić information content (AvgIpc) is 2.93. The van der Waals surface area contributed by atoms with Crippen LogP contribution >= 0.6 is 11.8 Å². The van der Waals surface area contributed by atoms with Crippen molar-refractivity contribution in [2.45, 2.75) is 37.4 Å². The standard InChI is InChI=1S/C13H19N3O3S/c1-10(12(19)15-6-3-2-4-7-15)16-8-5-14-13(16)20-9-11(17)18/h5,8,10H,2-4,6-7,9H2,1H3,(H,17,18). The lowest BCUT2D eigenvalue weighted by Crippen LogP contribution is -2.39. The number of carbonyl (C=O) groups is 2. The van der Waals surface area contributed by atoms with Gasteiger partial charge in [-0.2, -0.15) is 0 Å². The van der Waals surface area contributed by atoms with Crippen LogP contribution in [-0.4, -0.2) is 50.3 Å². The molecule has 110 valence electrons. The number of rotatable bonds is 5. The molecule has 0 saturated carbocycles. The molecule has 1 aromatic heterocycles. The van der Waals surface area contributed by atoms with Gasteiger partial charge < -0.3 is 14.6 Å². The zero-order chi connectivity index (χ0) is 14.5. The smallest absolute Gasteiger partial charge is 0.313 e. The summed E-state index contributed by atoms with van der Waals surface area (Å²) in [6.45, 7) is 3.47. The molecular weight excluding hydrogens is 278 g/mol. The molecule has 2 rings (SSSR count). The normalized spacial score (nSPS) is 16.9. The Labute approximate surface area is 122 Å².